The molecule has 1 aromatic carbocycles. The highest BCUT2D eigenvalue weighted by Crippen LogP contribution is 2.30. The topological polar surface area (TPSA) is 107 Å². The summed E-state index contributed by atoms with van der Waals surface area (Å²) in [6.45, 7) is 0.291. The minimum atomic E-state index is -3.10. The second kappa shape index (κ2) is 7.37. The van der Waals surface area contributed by atoms with Gasteiger partial charge in [0.1, 0.15) is 10.7 Å². The van der Waals surface area contributed by atoms with Crippen LogP contribution in [0.4, 0.5) is 0 Å². The van der Waals surface area contributed by atoms with E-state index in [1.54, 1.807) is 22.9 Å². The molecule has 1 N–H and O–H groups in total. The largest absolute Gasteiger partial charge is 0.463 e. The van der Waals surface area contributed by atoms with Crippen molar-refractivity contribution in [1.82, 2.24) is 20.1 Å². The van der Waals surface area contributed by atoms with Crippen molar-refractivity contribution < 1.29 is 17.6 Å². The monoisotopic (exact) mass is 442 g/mol. The molecule has 30 heavy (non-hydrogen) atoms. The molecule has 1 aliphatic heterocycles. The van der Waals surface area contributed by atoms with Gasteiger partial charge in [0.05, 0.1) is 40.6 Å². The number of sulfone groups is 1. The van der Waals surface area contributed by atoms with Gasteiger partial charge in [-0.05, 0) is 30.7 Å². The summed E-state index contributed by atoms with van der Waals surface area (Å²) in [5, 5.41) is 8.09. The predicted octanol–water partition coefficient (Wildman–Crippen LogP) is 3.04. The van der Waals surface area contributed by atoms with Crippen molar-refractivity contribution in [2.75, 3.05) is 11.5 Å². The molecule has 1 amide bonds. The maximum atomic E-state index is 12.8. The van der Waals surface area contributed by atoms with E-state index in [2.05, 4.69) is 15.4 Å². The fourth-order valence-corrected chi connectivity index (χ4v) is 6.20. The molecular formula is C20H18N4O4S2. The Morgan fingerprint density at radius 1 is 1.27 bits per heavy atom. The van der Waals surface area contributed by atoms with E-state index >= 15 is 0 Å². The summed E-state index contributed by atoms with van der Waals surface area (Å²) in [6.07, 6.45) is 2.00. The van der Waals surface area contributed by atoms with Crippen molar-refractivity contribution in [3.05, 3.63) is 59.4 Å². The maximum absolute atomic E-state index is 12.8. The summed E-state index contributed by atoms with van der Waals surface area (Å²) in [6, 6.07) is 12.6. The zero-order valence-electron chi connectivity index (χ0n) is 15.8. The van der Waals surface area contributed by atoms with Gasteiger partial charge in [-0.3, -0.25) is 9.48 Å². The average molecular weight is 443 g/mol. The molecule has 1 saturated heterocycles. The van der Waals surface area contributed by atoms with Crippen LogP contribution in [-0.2, 0) is 16.4 Å². The Morgan fingerprint density at radius 2 is 2.13 bits per heavy atom. The zero-order chi connectivity index (χ0) is 20.7. The molecule has 4 aromatic rings. The first kappa shape index (κ1) is 19.0. The number of carbonyl (C=O) groups excluding carboxylic acids is 1. The number of carbonyl (C=O) groups is 1. The first-order valence-corrected chi connectivity index (χ1v) is 12.1. The van der Waals surface area contributed by atoms with Crippen molar-refractivity contribution in [2.45, 2.75) is 19.0 Å². The average Bonchev–Trinajstić information content (AvgIpc) is 3.49. The molecule has 1 atom stereocenters. The molecule has 0 spiro atoms. The summed E-state index contributed by atoms with van der Waals surface area (Å²) >= 11 is 1.53. The maximum Gasteiger partial charge on any atom is 0.272 e. The van der Waals surface area contributed by atoms with Crippen LogP contribution in [-0.4, -0.2) is 40.6 Å². The van der Waals surface area contributed by atoms with E-state index in [0.29, 0.717) is 24.4 Å². The molecule has 1 aliphatic rings. The van der Waals surface area contributed by atoms with Gasteiger partial charge in [0.2, 0.25) is 0 Å². The molecule has 154 valence electrons. The van der Waals surface area contributed by atoms with Gasteiger partial charge in [-0.15, -0.1) is 11.3 Å². The molecule has 1 unspecified atom stereocenters. The van der Waals surface area contributed by atoms with Crippen molar-refractivity contribution in [1.29, 1.82) is 0 Å². The van der Waals surface area contributed by atoms with Crippen LogP contribution in [0.25, 0.3) is 21.7 Å². The quantitative estimate of drug-likeness (QED) is 0.509. The fourth-order valence-electron chi connectivity index (χ4n) is 3.60. The summed E-state index contributed by atoms with van der Waals surface area (Å²) in [7, 11) is -3.10. The SMILES string of the molecule is O=C(NCc1nc2ccccc2s1)c1cc(-c2ccco2)n(C2CCS(=O)(=O)C2)n1. The number of para-hydroxylation sites is 1. The van der Waals surface area contributed by atoms with Crippen LogP contribution in [0, 0.1) is 0 Å². The lowest BCUT2D eigenvalue weighted by atomic mass is 10.2. The lowest BCUT2D eigenvalue weighted by Crippen LogP contribution is -2.23. The third-order valence-corrected chi connectivity index (χ3v) is 7.82. The Bertz CT molecular complexity index is 1290. The number of nitrogens with zero attached hydrogens (tertiary/aromatic N) is 3. The van der Waals surface area contributed by atoms with Crippen LogP contribution < -0.4 is 5.32 Å². The highest BCUT2D eigenvalue weighted by molar-refractivity contribution is 7.91. The Morgan fingerprint density at radius 3 is 2.87 bits per heavy atom. The number of furan rings is 1. The number of hydrogen-bond donors (Lipinski definition) is 1. The van der Waals surface area contributed by atoms with E-state index in [0.717, 1.165) is 15.2 Å². The van der Waals surface area contributed by atoms with Gasteiger partial charge in [-0.25, -0.2) is 13.4 Å². The summed E-state index contributed by atoms with van der Waals surface area (Å²) in [5.41, 5.74) is 1.71. The van der Waals surface area contributed by atoms with Gasteiger partial charge in [-0.2, -0.15) is 5.10 Å². The number of benzene rings is 1. The zero-order valence-corrected chi connectivity index (χ0v) is 17.4. The minimum Gasteiger partial charge on any atom is -0.463 e. The summed E-state index contributed by atoms with van der Waals surface area (Å²) in [4.78, 5) is 17.3. The Kier molecular flexibility index (Phi) is 4.67. The molecule has 0 bridgehead atoms. The lowest BCUT2D eigenvalue weighted by Gasteiger charge is -2.11. The standard InChI is InChI=1S/C20H18N4O4S2/c25-20(21-11-19-22-14-4-1-2-6-18(14)29-19)15-10-16(17-5-3-8-28-17)24(23-15)13-7-9-30(26,27)12-13/h1-6,8,10,13H,7,9,11-12H2,(H,21,25). The second-order valence-corrected chi connectivity index (χ2v) is 10.5. The molecule has 8 nitrogen and oxygen atoms in total. The van der Waals surface area contributed by atoms with Gasteiger partial charge in [0, 0.05) is 6.07 Å². The first-order chi connectivity index (χ1) is 14.5. The lowest BCUT2D eigenvalue weighted by molar-refractivity contribution is 0.0945. The van der Waals surface area contributed by atoms with Crippen molar-refractivity contribution in [3.63, 3.8) is 0 Å². The molecular weight excluding hydrogens is 424 g/mol. The number of rotatable bonds is 5. The molecule has 0 aliphatic carbocycles. The van der Waals surface area contributed by atoms with Crippen molar-refractivity contribution in [2.24, 2.45) is 0 Å². The van der Waals surface area contributed by atoms with Gasteiger partial charge >= 0.3 is 0 Å². The Balaban J connectivity index is 1.39. The third kappa shape index (κ3) is 3.63. The van der Waals surface area contributed by atoms with Crippen molar-refractivity contribution >= 4 is 37.3 Å². The number of amides is 1. The van der Waals surface area contributed by atoms with Crippen molar-refractivity contribution in [3.8, 4) is 11.5 Å². The Labute approximate surface area is 176 Å². The van der Waals surface area contributed by atoms with E-state index in [-0.39, 0.29) is 29.1 Å². The van der Waals surface area contributed by atoms with Crippen LogP contribution in [0.1, 0.15) is 28.0 Å². The van der Waals surface area contributed by atoms with Gasteiger partial charge in [-0.1, -0.05) is 12.1 Å². The van der Waals surface area contributed by atoms with Gasteiger partial charge in [0.15, 0.2) is 21.3 Å². The Hall–Kier alpha value is -2.98. The van der Waals surface area contributed by atoms with E-state index in [1.165, 1.54) is 17.6 Å². The number of aromatic nitrogens is 3. The molecule has 0 saturated carbocycles. The molecule has 10 heteroatoms. The highest BCUT2D eigenvalue weighted by Gasteiger charge is 2.32. The smallest absolute Gasteiger partial charge is 0.272 e. The third-order valence-electron chi connectivity index (χ3n) is 5.03. The fraction of sp³-hybridized carbons (Fsp3) is 0.250. The number of fused-ring (bicyclic) bond motifs is 1. The highest BCUT2D eigenvalue weighted by atomic mass is 32.2. The van der Waals surface area contributed by atoms with Crippen LogP contribution in [0.15, 0.2) is 53.1 Å². The van der Waals surface area contributed by atoms with Crippen LogP contribution >= 0.6 is 11.3 Å². The van der Waals surface area contributed by atoms with Crippen LogP contribution in [0.2, 0.25) is 0 Å². The molecule has 4 heterocycles. The predicted molar refractivity (Wildman–Crippen MR) is 113 cm³/mol. The van der Waals surface area contributed by atoms with Crippen LogP contribution in [0.3, 0.4) is 0 Å². The van der Waals surface area contributed by atoms with E-state index in [1.807, 2.05) is 24.3 Å². The van der Waals surface area contributed by atoms with E-state index in [4.69, 9.17) is 4.42 Å². The molecule has 5 rings (SSSR count). The summed E-state index contributed by atoms with van der Waals surface area (Å²) < 4.78 is 32.0. The second-order valence-electron chi connectivity index (χ2n) is 7.15. The minimum absolute atomic E-state index is 0.00908. The number of thiazole rings is 1. The number of hydrogen-bond acceptors (Lipinski definition) is 7. The van der Waals surface area contributed by atoms with E-state index in [9.17, 15) is 13.2 Å². The summed E-state index contributed by atoms with van der Waals surface area (Å²) in [5.74, 6) is 0.322. The van der Waals surface area contributed by atoms with Gasteiger partial charge < -0.3 is 9.73 Å². The number of nitrogens with one attached hydrogen (secondary N) is 1. The first-order valence-electron chi connectivity index (χ1n) is 9.45. The molecule has 3 aromatic heterocycles. The molecule has 0 radical (unpaired) electrons. The van der Waals surface area contributed by atoms with E-state index < -0.39 is 9.84 Å². The van der Waals surface area contributed by atoms with Crippen LogP contribution in [0.5, 0.6) is 0 Å². The van der Waals surface area contributed by atoms with Gasteiger partial charge in [0.25, 0.3) is 5.91 Å². The molecule has 1 fully saturated rings. The normalized spacial score (nSPS) is 18.1.